The maximum absolute atomic E-state index is 13.7. The van der Waals surface area contributed by atoms with Crippen molar-refractivity contribution in [2.24, 2.45) is 5.10 Å². The van der Waals surface area contributed by atoms with Gasteiger partial charge in [0.25, 0.3) is 11.8 Å². The topological polar surface area (TPSA) is 92.5 Å². The van der Waals surface area contributed by atoms with Crippen LogP contribution < -0.4 is 5.32 Å². The maximum Gasteiger partial charge on any atom is 0.253 e. The summed E-state index contributed by atoms with van der Waals surface area (Å²) in [5, 5.41) is 20.5. The highest BCUT2D eigenvalue weighted by atomic mass is 32.2. The van der Waals surface area contributed by atoms with E-state index in [4.69, 9.17) is 5.10 Å². The summed E-state index contributed by atoms with van der Waals surface area (Å²) in [6, 6.07) is 27.1. The first-order chi connectivity index (χ1) is 21.4. The molecule has 1 aliphatic heterocycles. The lowest BCUT2D eigenvalue weighted by molar-refractivity contribution is -0.130. The van der Waals surface area contributed by atoms with Crippen LogP contribution in [0.1, 0.15) is 50.2 Å². The Hall–Kier alpha value is -4.61. The van der Waals surface area contributed by atoms with Gasteiger partial charge in [0.15, 0.2) is 11.0 Å². The molecule has 6 rings (SSSR count). The van der Waals surface area contributed by atoms with E-state index in [1.807, 2.05) is 77.5 Å². The van der Waals surface area contributed by atoms with E-state index in [9.17, 15) is 14.0 Å². The first-order valence-corrected chi connectivity index (χ1v) is 15.9. The molecule has 11 heteroatoms. The molecular weight excluding hydrogens is 596 g/mol. The third-order valence-corrected chi connectivity index (χ3v) is 9.09. The molecule has 3 aromatic carbocycles. The third kappa shape index (κ3) is 6.79. The van der Waals surface area contributed by atoms with Gasteiger partial charge in [-0.15, -0.1) is 21.5 Å². The zero-order chi connectivity index (χ0) is 30.5. The summed E-state index contributed by atoms with van der Waals surface area (Å²) in [5.41, 5.74) is 4.25. The lowest BCUT2D eigenvalue weighted by Crippen LogP contribution is -2.28. The van der Waals surface area contributed by atoms with Crippen molar-refractivity contribution in [3.8, 4) is 0 Å². The Labute approximate surface area is 262 Å². The van der Waals surface area contributed by atoms with Crippen molar-refractivity contribution < 1.29 is 14.0 Å². The van der Waals surface area contributed by atoms with E-state index in [1.165, 1.54) is 28.9 Å². The molecule has 1 aliphatic rings. The van der Waals surface area contributed by atoms with E-state index in [0.717, 1.165) is 27.3 Å². The number of rotatable bonds is 10. The van der Waals surface area contributed by atoms with Gasteiger partial charge in [0.2, 0.25) is 0 Å². The van der Waals surface area contributed by atoms with Gasteiger partial charge in [0.1, 0.15) is 5.82 Å². The molecule has 2 aromatic heterocycles. The summed E-state index contributed by atoms with van der Waals surface area (Å²) in [5.74, 6) is -0.0787. The standard InChI is InChI=1S/C33H29FN6O2S2/c1-22-7-5-10-25(17-22)32(42)35-19-30-36-37-33(39(30)20-23-8-3-2-4-9-23)44-21-31(41)40-28(24-12-14-26(34)15-13-24)18-27(38-40)29-11-6-16-43-29/h2-17,28H,18-21H2,1H3,(H,35,42)/t28-/m0/s1. The van der Waals surface area contributed by atoms with Crippen LogP contribution in [0, 0.1) is 12.7 Å². The Morgan fingerprint density at radius 3 is 2.57 bits per heavy atom. The number of aryl methyl sites for hydroxylation is 1. The number of amides is 2. The van der Waals surface area contributed by atoms with Gasteiger partial charge in [0.05, 0.1) is 35.5 Å². The van der Waals surface area contributed by atoms with Crippen LogP contribution in [0.2, 0.25) is 0 Å². The van der Waals surface area contributed by atoms with Gasteiger partial charge in [-0.2, -0.15) is 5.10 Å². The van der Waals surface area contributed by atoms with Crippen molar-refractivity contribution in [1.82, 2.24) is 25.1 Å². The molecule has 0 bridgehead atoms. The Balaban J connectivity index is 1.21. The van der Waals surface area contributed by atoms with Crippen molar-refractivity contribution in [2.45, 2.75) is 37.6 Å². The predicted molar refractivity (Wildman–Crippen MR) is 170 cm³/mol. The van der Waals surface area contributed by atoms with Crippen molar-refractivity contribution in [1.29, 1.82) is 0 Å². The van der Waals surface area contributed by atoms with Crippen LogP contribution in [0.25, 0.3) is 0 Å². The fourth-order valence-electron chi connectivity index (χ4n) is 5.00. The highest BCUT2D eigenvalue weighted by molar-refractivity contribution is 7.99. The van der Waals surface area contributed by atoms with Gasteiger partial charge in [-0.05, 0) is 53.8 Å². The number of hydrogen-bond donors (Lipinski definition) is 1. The monoisotopic (exact) mass is 624 g/mol. The van der Waals surface area contributed by atoms with Crippen LogP contribution in [0.4, 0.5) is 4.39 Å². The van der Waals surface area contributed by atoms with Crippen LogP contribution in [0.3, 0.4) is 0 Å². The average Bonchev–Trinajstić information content (AvgIpc) is 3.80. The van der Waals surface area contributed by atoms with Crippen LogP contribution in [-0.4, -0.2) is 43.1 Å². The number of carbonyl (C=O) groups is 2. The predicted octanol–water partition coefficient (Wildman–Crippen LogP) is 6.24. The molecule has 0 unspecified atom stereocenters. The Morgan fingerprint density at radius 1 is 1.00 bits per heavy atom. The van der Waals surface area contributed by atoms with E-state index in [-0.39, 0.29) is 36.0 Å². The quantitative estimate of drug-likeness (QED) is 0.186. The minimum absolute atomic E-state index is 0.0709. The highest BCUT2D eigenvalue weighted by Crippen LogP contribution is 2.35. The number of thioether (sulfide) groups is 1. The first-order valence-electron chi connectivity index (χ1n) is 14.1. The Morgan fingerprint density at radius 2 is 1.82 bits per heavy atom. The molecule has 0 fully saturated rings. The average molecular weight is 625 g/mol. The van der Waals surface area contributed by atoms with Gasteiger partial charge >= 0.3 is 0 Å². The minimum atomic E-state index is -0.338. The summed E-state index contributed by atoms with van der Waals surface area (Å²) >= 11 is 2.84. The summed E-state index contributed by atoms with van der Waals surface area (Å²) in [7, 11) is 0. The summed E-state index contributed by atoms with van der Waals surface area (Å²) in [6.07, 6.45) is 0.539. The minimum Gasteiger partial charge on any atom is -0.345 e. The molecule has 0 aliphatic carbocycles. The van der Waals surface area contributed by atoms with Crippen molar-refractivity contribution in [2.75, 3.05) is 5.75 Å². The van der Waals surface area contributed by atoms with Gasteiger partial charge in [-0.3, -0.25) is 9.59 Å². The summed E-state index contributed by atoms with van der Waals surface area (Å²) in [6.45, 7) is 2.59. The van der Waals surface area contributed by atoms with Crippen molar-refractivity contribution in [3.63, 3.8) is 0 Å². The van der Waals surface area contributed by atoms with E-state index >= 15 is 0 Å². The number of aromatic nitrogens is 3. The van der Waals surface area contributed by atoms with Crippen LogP contribution in [0.5, 0.6) is 0 Å². The fraction of sp³-hybridized carbons (Fsp3) is 0.182. The Kier molecular flexibility index (Phi) is 8.94. The smallest absolute Gasteiger partial charge is 0.253 e. The number of thiophene rings is 1. The molecule has 0 saturated carbocycles. The molecule has 44 heavy (non-hydrogen) atoms. The van der Waals surface area contributed by atoms with Gasteiger partial charge < -0.3 is 9.88 Å². The largest absolute Gasteiger partial charge is 0.345 e. The molecule has 8 nitrogen and oxygen atoms in total. The lowest BCUT2D eigenvalue weighted by atomic mass is 10.0. The van der Waals surface area contributed by atoms with E-state index in [2.05, 4.69) is 15.5 Å². The van der Waals surface area contributed by atoms with Crippen LogP contribution in [-0.2, 0) is 17.9 Å². The van der Waals surface area contributed by atoms with E-state index < -0.39 is 0 Å². The second kappa shape index (κ2) is 13.4. The second-order valence-corrected chi connectivity index (χ2v) is 12.2. The Bertz CT molecular complexity index is 1790. The molecule has 1 atom stereocenters. The first kappa shape index (κ1) is 29.5. The number of halogens is 1. The number of hydrazone groups is 1. The molecule has 5 aromatic rings. The zero-order valence-corrected chi connectivity index (χ0v) is 25.5. The number of carbonyl (C=O) groups excluding carboxylic acids is 2. The molecule has 2 amide bonds. The van der Waals surface area contributed by atoms with Crippen LogP contribution >= 0.6 is 23.1 Å². The maximum atomic E-state index is 13.7. The zero-order valence-electron chi connectivity index (χ0n) is 23.9. The van der Waals surface area contributed by atoms with Crippen molar-refractivity contribution >= 4 is 40.6 Å². The normalized spacial score (nSPS) is 14.5. The lowest BCUT2D eigenvalue weighted by Gasteiger charge is -2.22. The number of benzene rings is 3. The second-order valence-electron chi connectivity index (χ2n) is 10.3. The van der Waals surface area contributed by atoms with E-state index in [0.29, 0.717) is 29.5 Å². The molecule has 1 N–H and O–H groups in total. The molecule has 0 radical (unpaired) electrons. The molecule has 0 spiro atoms. The van der Waals surface area contributed by atoms with E-state index in [1.54, 1.807) is 29.5 Å². The molecule has 0 saturated heterocycles. The number of nitrogens with one attached hydrogen (secondary N) is 1. The summed E-state index contributed by atoms with van der Waals surface area (Å²) < 4.78 is 15.6. The van der Waals surface area contributed by atoms with Crippen molar-refractivity contribution in [3.05, 3.63) is 135 Å². The fourth-order valence-corrected chi connectivity index (χ4v) is 6.53. The number of nitrogens with zero attached hydrogens (tertiary/aromatic N) is 5. The summed E-state index contributed by atoms with van der Waals surface area (Å²) in [4.78, 5) is 27.5. The van der Waals surface area contributed by atoms with Gasteiger partial charge in [-0.1, -0.05) is 78.0 Å². The van der Waals surface area contributed by atoms with Crippen LogP contribution in [0.15, 0.2) is 107 Å². The molecule has 3 heterocycles. The highest BCUT2D eigenvalue weighted by Gasteiger charge is 2.33. The van der Waals surface area contributed by atoms with Gasteiger partial charge in [0, 0.05) is 12.0 Å². The molecule has 222 valence electrons. The van der Waals surface area contributed by atoms with Gasteiger partial charge in [-0.25, -0.2) is 9.40 Å². The number of hydrogen-bond acceptors (Lipinski definition) is 7. The molecular formula is C33H29FN6O2S2. The SMILES string of the molecule is Cc1cccc(C(=O)NCc2nnc(SCC(=O)N3N=C(c4cccs4)C[C@H]3c3ccc(F)cc3)n2Cc2ccccc2)c1. The third-order valence-electron chi connectivity index (χ3n) is 7.22.